The van der Waals surface area contributed by atoms with Gasteiger partial charge in [0.15, 0.2) is 0 Å². The lowest BCUT2D eigenvalue weighted by Gasteiger charge is -2.15. The summed E-state index contributed by atoms with van der Waals surface area (Å²) in [5.74, 6) is 0.652. The molecule has 3 N–H and O–H groups in total. The van der Waals surface area contributed by atoms with Crippen molar-refractivity contribution in [1.29, 1.82) is 0 Å². The lowest BCUT2D eigenvalue weighted by molar-refractivity contribution is 0.170. The fourth-order valence-corrected chi connectivity index (χ4v) is 1.95. The largest absolute Gasteiger partial charge is 0.384 e. The first-order chi connectivity index (χ1) is 7.65. The van der Waals surface area contributed by atoms with Crippen LogP contribution in [0.2, 0.25) is 0 Å². The Labute approximate surface area is 94.7 Å². The molecule has 0 aliphatic heterocycles. The van der Waals surface area contributed by atoms with Gasteiger partial charge in [0.05, 0.1) is 11.0 Å². The third-order valence-electron chi connectivity index (χ3n) is 2.66. The summed E-state index contributed by atoms with van der Waals surface area (Å²) in [7, 11) is 0. The molecule has 1 heterocycles. The topological polar surface area (TPSA) is 64.1 Å². The predicted octanol–water partition coefficient (Wildman–Crippen LogP) is 1.61. The first-order valence-electron chi connectivity index (χ1n) is 5.50. The Balaban J connectivity index is 2.68. The number of imidazole rings is 1. The third-order valence-corrected chi connectivity index (χ3v) is 2.66. The minimum Gasteiger partial charge on any atom is -0.384 e. The highest BCUT2D eigenvalue weighted by Gasteiger charge is 2.18. The van der Waals surface area contributed by atoms with Gasteiger partial charge >= 0.3 is 0 Å². The molecule has 1 aromatic carbocycles. The molecule has 1 atom stereocenters. The summed E-state index contributed by atoms with van der Waals surface area (Å²) in [5.41, 5.74) is 7.43. The van der Waals surface area contributed by atoms with Gasteiger partial charge in [-0.05, 0) is 26.0 Å². The van der Waals surface area contributed by atoms with Crippen molar-refractivity contribution in [2.75, 3.05) is 6.54 Å². The van der Waals surface area contributed by atoms with Gasteiger partial charge < -0.3 is 15.4 Å². The molecule has 0 fully saturated rings. The molecule has 0 amide bonds. The van der Waals surface area contributed by atoms with Crippen LogP contribution in [0.4, 0.5) is 0 Å². The van der Waals surface area contributed by atoms with Crippen LogP contribution in [-0.2, 0) is 0 Å². The second-order valence-electron chi connectivity index (χ2n) is 4.17. The molecule has 0 radical (unpaired) electrons. The number of aromatic nitrogens is 2. The van der Waals surface area contributed by atoms with Crippen molar-refractivity contribution >= 4 is 11.0 Å². The van der Waals surface area contributed by atoms with Crippen LogP contribution in [-0.4, -0.2) is 21.2 Å². The molecule has 0 aliphatic carbocycles. The molecule has 0 spiro atoms. The summed E-state index contributed by atoms with van der Waals surface area (Å²) in [5, 5.41) is 9.85. The van der Waals surface area contributed by atoms with E-state index >= 15 is 0 Å². The highest BCUT2D eigenvalue weighted by atomic mass is 16.3. The Bertz CT molecular complexity index is 490. The van der Waals surface area contributed by atoms with Gasteiger partial charge in [0.1, 0.15) is 11.9 Å². The van der Waals surface area contributed by atoms with Gasteiger partial charge in [-0.15, -0.1) is 0 Å². The summed E-state index contributed by atoms with van der Waals surface area (Å²) >= 11 is 0. The van der Waals surface area contributed by atoms with E-state index in [0.717, 1.165) is 11.0 Å². The lowest BCUT2D eigenvalue weighted by atomic mass is 10.2. The zero-order chi connectivity index (χ0) is 11.7. The number of nitrogens with two attached hydrogens (primary N) is 1. The zero-order valence-electron chi connectivity index (χ0n) is 9.59. The fourth-order valence-electron chi connectivity index (χ4n) is 1.95. The van der Waals surface area contributed by atoms with Crippen molar-refractivity contribution in [2.24, 2.45) is 5.73 Å². The standard InChI is InChI=1S/C12H17N3O/c1-8(2)15-10-6-4-3-5-9(10)14-12(15)11(16)7-13/h3-6,8,11,16H,7,13H2,1-2H3. The van der Waals surface area contributed by atoms with Gasteiger partial charge in [-0.1, -0.05) is 12.1 Å². The van der Waals surface area contributed by atoms with Crippen LogP contribution < -0.4 is 5.73 Å². The smallest absolute Gasteiger partial charge is 0.140 e. The van der Waals surface area contributed by atoms with Crippen LogP contribution in [0.25, 0.3) is 11.0 Å². The van der Waals surface area contributed by atoms with Crippen LogP contribution in [0.1, 0.15) is 31.8 Å². The summed E-state index contributed by atoms with van der Waals surface area (Å²) in [4.78, 5) is 4.44. The number of nitrogens with zero attached hydrogens (tertiary/aromatic N) is 2. The van der Waals surface area contributed by atoms with E-state index in [2.05, 4.69) is 18.8 Å². The quantitative estimate of drug-likeness (QED) is 0.824. The van der Waals surface area contributed by atoms with E-state index in [-0.39, 0.29) is 12.6 Å². The van der Waals surface area contributed by atoms with Gasteiger partial charge in [-0.3, -0.25) is 0 Å². The molecule has 86 valence electrons. The molecule has 0 bridgehead atoms. The SMILES string of the molecule is CC(C)n1c(C(O)CN)nc2ccccc21. The molecule has 1 aromatic heterocycles. The van der Waals surface area contributed by atoms with Gasteiger partial charge in [0.2, 0.25) is 0 Å². The van der Waals surface area contributed by atoms with Crippen molar-refractivity contribution in [2.45, 2.75) is 26.0 Å². The maximum absolute atomic E-state index is 9.85. The van der Waals surface area contributed by atoms with Crippen molar-refractivity contribution in [3.05, 3.63) is 30.1 Å². The second kappa shape index (κ2) is 4.23. The summed E-state index contributed by atoms with van der Waals surface area (Å²) in [6, 6.07) is 8.12. The van der Waals surface area contributed by atoms with Crippen molar-refractivity contribution < 1.29 is 5.11 Å². The van der Waals surface area contributed by atoms with E-state index in [1.54, 1.807) is 0 Å². The van der Waals surface area contributed by atoms with Crippen molar-refractivity contribution in [3.63, 3.8) is 0 Å². The number of benzene rings is 1. The average Bonchev–Trinajstić information content (AvgIpc) is 2.67. The lowest BCUT2D eigenvalue weighted by Crippen LogP contribution is -2.17. The third kappa shape index (κ3) is 1.70. The zero-order valence-corrected chi connectivity index (χ0v) is 9.59. The second-order valence-corrected chi connectivity index (χ2v) is 4.17. The number of aliphatic hydroxyl groups is 1. The normalized spacial score (nSPS) is 13.6. The number of fused-ring (bicyclic) bond motifs is 1. The molecule has 4 heteroatoms. The van der Waals surface area contributed by atoms with Crippen molar-refractivity contribution in [1.82, 2.24) is 9.55 Å². The summed E-state index contributed by atoms with van der Waals surface area (Å²) in [6.07, 6.45) is -0.699. The van der Waals surface area contributed by atoms with Gasteiger partial charge in [0.25, 0.3) is 0 Å². The van der Waals surface area contributed by atoms with Crippen LogP contribution in [0.5, 0.6) is 0 Å². The molecule has 0 aliphatic rings. The number of hydrogen-bond acceptors (Lipinski definition) is 3. The van der Waals surface area contributed by atoms with E-state index < -0.39 is 6.10 Å². The van der Waals surface area contributed by atoms with E-state index in [9.17, 15) is 5.11 Å². The molecule has 0 saturated carbocycles. The molecule has 16 heavy (non-hydrogen) atoms. The molecule has 0 saturated heterocycles. The molecule has 4 nitrogen and oxygen atoms in total. The van der Waals surface area contributed by atoms with Gasteiger partial charge in [-0.25, -0.2) is 4.98 Å². The maximum atomic E-state index is 9.85. The number of hydrogen-bond donors (Lipinski definition) is 2. The number of aliphatic hydroxyl groups excluding tert-OH is 1. The molecular formula is C12H17N3O. The molecule has 1 unspecified atom stereocenters. The van der Waals surface area contributed by atoms with E-state index in [1.807, 2.05) is 28.8 Å². The van der Waals surface area contributed by atoms with E-state index in [4.69, 9.17) is 5.73 Å². The average molecular weight is 219 g/mol. The van der Waals surface area contributed by atoms with E-state index in [0.29, 0.717) is 5.82 Å². The summed E-state index contributed by atoms with van der Waals surface area (Å²) in [6.45, 7) is 4.33. The monoisotopic (exact) mass is 219 g/mol. The Kier molecular flexibility index (Phi) is 2.94. The van der Waals surface area contributed by atoms with Gasteiger partial charge in [-0.2, -0.15) is 0 Å². The highest BCUT2D eigenvalue weighted by Crippen LogP contribution is 2.24. The van der Waals surface area contributed by atoms with Crippen LogP contribution >= 0.6 is 0 Å². The molecular weight excluding hydrogens is 202 g/mol. The number of rotatable bonds is 3. The van der Waals surface area contributed by atoms with Crippen LogP contribution in [0.3, 0.4) is 0 Å². The maximum Gasteiger partial charge on any atom is 0.140 e. The van der Waals surface area contributed by atoms with E-state index in [1.165, 1.54) is 0 Å². The fraction of sp³-hybridized carbons (Fsp3) is 0.417. The Hall–Kier alpha value is -1.39. The number of para-hydroxylation sites is 2. The molecule has 2 rings (SSSR count). The summed E-state index contributed by atoms with van der Waals surface area (Å²) < 4.78 is 2.03. The van der Waals surface area contributed by atoms with Crippen LogP contribution in [0, 0.1) is 0 Å². The highest BCUT2D eigenvalue weighted by molar-refractivity contribution is 5.76. The van der Waals surface area contributed by atoms with Crippen LogP contribution in [0.15, 0.2) is 24.3 Å². The Morgan fingerprint density at radius 3 is 2.69 bits per heavy atom. The van der Waals surface area contributed by atoms with Crippen molar-refractivity contribution in [3.8, 4) is 0 Å². The minimum absolute atomic E-state index is 0.191. The molecule has 2 aromatic rings. The first-order valence-corrected chi connectivity index (χ1v) is 5.50. The predicted molar refractivity (Wildman–Crippen MR) is 64.1 cm³/mol. The first kappa shape index (κ1) is 11.1. The van der Waals surface area contributed by atoms with Gasteiger partial charge in [0, 0.05) is 12.6 Å². The minimum atomic E-state index is -0.699. The Morgan fingerprint density at radius 1 is 1.38 bits per heavy atom. The Morgan fingerprint density at radius 2 is 2.06 bits per heavy atom.